The summed E-state index contributed by atoms with van der Waals surface area (Å²) in [5.74, 6) is -0.558. The Bertz CT molecular complexity index is 1580. The Morgan fingerprint density at radius 3 is 1.19 bits per heavy atom. The van der Waals surface area contributed by atoms with Crippen molar-refractivity contribution < 1.29 is 37.3 Å². The van der Waals surface area contributed by atoms with Crippen molar-refractivity contribution in [3.8, 4) is 0 Å². The van der Waals surface area contributed by atoms with E-state index in [2.05, 4.69) is 86.8 Å². The van der Waals surface area contributed by atoms with Crippen molar-refractivity contribution in [1.29, 1.82) is 0 Å². The molecule has 0 aromatic carbocycles. The van der Waals surface area contributed by atoms with Crippen molar-refractivity contribution in [3.63, 3.8) is 0 Å². The van der Waals surface area contributed by atoms with Crippen LogP contribution in [0.5, 0.6) is 0 Å². The largest absolute Gasteiger partial charge is 0.756 e. The zero-order valence-electron chi connectivity index (χ0n) is 52.6. The van der Waals surface area contributed by atoms with Crippen molar-refractivity contribution in [2.45, 2.75) is 315 Å². The summed E-state index contributed by atoms with van der Waals surface area (Å²) >= 11 is 0. The number of likely N-dealkylation sites (N-methyl/N-ethyl adjacent to an activating group) is 1. The van der Waals surface area contributed by atoms with Gasteiger partial charge in [0.1, 0.15) is 19.3 Å². The third-order valence-corrected chi connectivity index (χ3v) is 15.6. The molecule has 1 N–H and O–H groups in total. The highest BCUT2D eigenvalue weighted by atomic mass is 31.2. The van der Waals surface area contributed by atoms with Gasteiger partial charge in [-0.2, -0.15) is 0 Å². The zero-order chi connectivity index (χ0) is 57.9. The summed E-state index contributed by atoms with van der Waals surface area (Å²) in [5, 5.41) is 3.03. The van der Waals surface area contributed by atoms with Crippen LogP contribution < -0.4 is 10.2 Å². The van der Waals surface area contributed by atoms with Gasteiger partial charge in [0.2, 0.25) is 5.91 Å². The topological polar surface area (TPSA) is 114 Å². The van der Waals surface area contributed by atoms with Gasteiger partial charge in [-0.05, 0) is 102 Å². The Hall–Kier alpha value is -2.55. The lowest BCUT2D eigenvalue weighted by atomic mass is 10.0. The molecule has 9 nitrogen and oxygen atoms in total. The van der Waals surface area contributed by atoms with Gasteiger partial charge in [0.15, 0.2) is 0 Å². The lowest BCUT2D eigenvalue weighted by Gasteiger charge is -2.30. The molecule has 10 heteroatoms. The van der Waals surface area contributed by atoms with E-state index in [4.69, 9.17) is 13.8 Å². The third kappa shape index (κ3) is 59.9. The van der Waals surface area contributed by atoms with Gasteiger partial charge in [0.25, 0.3) is 7.82 Å². The number of hydrogen-bond donors (Lipinski definition) is 1. The minimum absolute atomic E-state index is 0.0277. The van der Waals surface area contributed by atoms with Crippen LogP contribution in [0.15, 0.2) is 72.9 Å². The number of nitrogens with zero attached hydrogens (tertiary/aromatic N) is 1. The molecule has 0 bridgehead atoms. The van der Waals surface area contributed by atoms with Gasteiger partial charge in [-0.15, -0.1) is 0 Å². The third-order valence-electron chi connectivity index (χ3n) is 14.6. The Morgan fingerprint density at radius 1 is 0.443 bits per heavy atom. The first kappa shape index (κ1) is 76.5. The van der Waals surface area contributed by atoms with Gasteiger partial charge in [-0.25, -0.2) is 0 Å². The van der Waals surface area contributed by atoms with E-state index in [0.29, 0.717) is 23.9 Å². The van der Waals surface area contributed by atoms with E-state index in [1.807, 2.05) is 33.3 Å². The van der Waals surface area contributed by atoms with Gasteiger partial charge < -0.3 is 28.5 Å². The number of esters is 1. The predicted molar refractivity (Wildman–Crippen MR) is 339 cm³/mol. The molecule has 0 spiro atoms. The summed E-state index contributed by atoms with van der Waals surface area (Å²) in [7, 11) is 1.17. The number of carbonyl (C=O) groups is 2. The minimum Gasteiger partial charge on any atom is -0.756 e. The fraction of sp³-hybridized carbons (Fsp3) is 0.797. The molecule has 0 saturated heterocycles. The van der Waals surface area contributed by atoms with E-state index in [9.17, 15) is 19.0 Å². The highest BCUT2D eigenvalue weighted by molar-refractivity contribution is 7.45. The van der Waals surface area contributed by atoms with Gasteiger partial charge in [-0.1, -0.05) is 261 Å². The number of allylic oxidation sites excluding steroid dienone is 11. The summed E-state index contributed by atoms with van der Waals surface area (Å²) in [6.07, 6.45) is 75.8. The molecule has 0 aromatic rings. The van der Waals surface area contributed by atoms with E-state index in [-0.39, 0.29) is 24.9 Å². The molecular formula is C69H127N2O7P. The molecule has 0 fully saturated rings. The molecule has 3 atom stereocenters. The molecule has 0 aliphatic rings. The maximum Gasteiger partial charge on any atom is 0.306 e. The first-order chi connectivity index (χ1) is 38.4. The minimum atomic E-state index is -4.71. The standard InChI is InChI=1S/C69H127N2O7P/c1-7-10-13-16-19-22-25-28-30-32-34-35-37-39-41-44-47-50-53-56-59-62-69(73)78-67(60-57-54-51-48-45-42-27-24-21-18-15-12-9-3)66(65-77-79(74,75)76-64-63-71(4,5)6)70-68(72)61-58-55-52-49-46-43-40-38-36-33-31-29-26-23-20-17-14-11-8-2/h19,22,28-31,34-35,39,41,57,60,66-67H,7-18,20-21,23-27,32-33,36-38,40,42-56,58-59,61-65H2,1-6H3,(H-,70,72,74,75)/b22-19-,30-28-,31-29+,35-34-,41-39-,60-57+. The van der Waals surface area contributed by atoms with Crippen LogP contribution in [0.3, 0.4) is 0 Å². The molecular weight excluding hydrogens is 1000 g/mol. The Morgan fingerprint density at radius 2 is 0.772 bits per heavy atom. The second-order valence-corrected chi connectivity index (χ2v) is 25.0. The highest BCUT2D eigenvalue weighted by Gasteiger charge is 2.27. The fourth-order valence-electron chi connectivity index (χ4n) is 9.44. The predicted octanol–water partition coefficient (Wildman–Crippen LogP) is 20.2. The van der Waals surface area contributed by atoms with E-state index in [1.165, 1.54) is 167 Å². The molecule has 0 aliphatic carbocycles. The van der Waals surface area contributed by atoms with Gasteiger partial charge >= 0.3 is 5.97 Å². The summed E-state index contributed by atoms with van der Waals surface area (Å²) in [6, 6.07) is -0.900. The fourth-order valence-corrected chi connectivity index (χ4v) is 10.2. The lowest BCUT2D eigenvalue weighted by molar-refractivity contribution is -0.870. The quantitative estimate of drug-likeness (QED) is 0.0212. The molecule has 0 aromatic heterocycles. The van der Waals surface area contributed by atoms with Crippen LogP contribution in [0.25, 0.3) is 0 Å². The van der Waals surface area contributed by atoms with Crippen LogP contribution >= 0.6 is 7.82 Å². The maximum absolute atomic E-state index is 13.6. The number of quaternary nitrogens is 1. The summed E-state index contributed by atoms with van der Waals surface area (Å²) in [5.41, 5.74) is 0. The van der Waals surface area contributed by atoms with E-state index < -0.39 is 26.6 Å². The van der Waals surface area contributed by atoms with Crippen LogP contribution in [0.2, 0.25) is 0 Å². The van der Waals surface area contributed by atoms with Crippen LogP contribution in [-0.2, 0) is 27.9 Å². The van der Waals surface area contributed by atoms with Crippen molar-refractivity contribution in [2.24, 2.45) is 0 Å². The number of unbranched alkanes of at least 4 members (excludes halogenated alkanes) is 34. The van der Waals surface area contributed by atoms with Crippen molar-refractivity contribution >= 4 is 19.7 Å². The van der Waals surface area contributed by atoms with Crippen LogP contribution in [0.1, 0.15) is 303 Å². The van der Waals surface area contributed by atoms with Crippen molar-refractivity contribution in [2.75, 3.05) is 40.9 Å². The van der Waals surface area contributed by atoms with E-state index in [0.717, 1.165) is 96.3 Å². The number of hydrogen-bond acceptors (Lipinski definition) is 7. The first-order valence-corrected chi connectivity index (χ1v) is 34.7. The Kier molecular flexibility index (Phi) is 56.7. The van der Waals surface area contributed by atoms with E-state index >= 15 is 0 Å². The molecule has 79 heavy (non-hydrogen) atoms. The molecule has 0 saturated carbocycles. The number of ether oxygens (including phenoxy) is 1. The molecule has 460 valence electrons. The number of phosphoric ester groups is 1. The molecule has 1 amide bonds. The number of phosphoric acid groups is 1. The average molecular weight is 1130 g/mol. The van der Waals surface area contributed by atoms with Gasteiger partial charge in [0, 0.05) is 12.8 Å². The normalized spacial score (nSPS) is 14.1. The van der Waals surface area contributed by atoms with Crippen LogP contribution in [-0.4, -0.2) is 69.4 Å². The molecule has 0 radical (unpaired) electrons. The second kappa shape index (κ2) is 58.6. The van der Waals surface area contributed by atoms with Crippen molar-refractivity contribution in [3.05, 3.63) is 72.9 Å². The molecule has 0 aliphatic heterocycles. The van der Waals surface area contributed by atoms with Crippen LogP contribution in [0.4, 0.5) is 0 Å². The van der Waals surface area contributed by atoms with Crippen molar-refractivity contribution in [1.82, 2.24) is 5.32 Å². The zero-order valence-corrected chi connectivity index (χ0v) is 53.5. The molecule has 3 unspecified atom stereocenters. The lowest BCUT2D eigenvalue weighted by Crippen LogP contribution is -2.47. The number of nitrogens with one attached hydrogen (secondary N) is 1. The highest BCUT2D eigenvalue weighted by Crippen LogP contribution is 2.38. The van der Waals surface area contributed by atoms with E-state index in [1.54, 1.807) is 0 Å². The smallest absolute Gasteiger partial charge is 0.306 e. The van der Waals surface area contributed by atoms with Gasteiger partial charge in [0.05, 0.1) is 33.8 Å². The monoisotopic (exact) mass is 1130 g/mol. The number of rotatable bonds is 60. The Balaban J connectivity index is 5.26. The number of amides is 1. The molecule has 0 heterocycles. The van der Waals surface area contributed by atoms with Crippen LogP contribution in [0, 0.1) is 0 Å². The second-order valence-electron chi connectivity index (χ2n) is 23.6. The number of carbonyl (C=O) groups excluding carboxylic acids is 2. The SMILES string of the molecule is CCCCC/C=C\C/C=C\C/C=C\C/C=C\CCCCCCCC(=O)OC(/C=C/CCCCCCCCCCCCC)C(COP(=O)([O-])OCC[N+](C)(C)C)NC(=O)CCCCCCCCCCC/C=C/CCCCCCCC. The summed E-state index contributed by atoms with van der Waals surface area (Å²) in [4.78, 5) is 40.1. The Labute approximate surface area is 489 Å². The maximum atomic E-state index is 13.6. The molecule has 0 rings (SSSR count). The first-order valence-electron chi connectivity index (χ1n) is 33.2. The summed E-state index contributed by atoms with van der Waals surface area (Å²) < 4.78 is 30.4. The van der Waals surface area contributed by atoms with Gasteiger partial charge in [-0.3, -0.25) is 14.2 Å². The summed E-state index contributed by atoms with van der Waals surface area (Å²) in [6.45, 7) is 6.82. The average Bonchev–Trinajstić information content (AvgIpc) is 3.41.